The Balaban J connectivity index is 1.86. The standard InChI is InChI=1S/C20H16FNO3S2/c21-15-7-3-6-13(11-15)16-8-2-1-5-14(16)12-17-19(25)22(20(26)27-17)10-4-9-18(23)24/h1-3,5-8,11-12H,4,9-10H2,(H,23,24)/b17-12-. The molecule has 1 saturated heterocycles. The molecule has 0 unspecified atom stereocenters. The molecule has 1 N–H and O–H groups in total. The Morgan fingerprint density at radius 2 is 2.00 bits per heavy atom. The zero-order valence-corrected chi connectivity index (χ0v) is 15.9. The number of hydrogen-bond donors (Lipinski definition) is 1. The van der Waals surface area contributed by atoms with Crippen LogP contribution in [0.1, 0.15) is 18.4 Å². The number of carbonyl (C=O) groups excluding carboxylic acids is 1. The summed E-state index contributed by atoms with van der Waals surface area (Å²) in [6, 6.07) is 13.7. The highest BCUT2D eigenvalue weighted by Crippen LogP contribution is 2.35. The van der Waals surface area contributed by atoms with E-state index in [1.54, 1.807) is 12.1 Å². The summed E-state index contributed by atoms with van der Waals surface area (Å²) in [6.07, 6.45) is 2.07. The third-order valence-corrected chi connectivity index (χ3v) is 5.41. The van der Waals surface area contributed by atoms with Crippen molar-refractivity contribution >= 4 is 46.3 Å². The van der Waals surface area contributed by atoms with E-state index in [1.807, 2.05) is 30.3 Å². The average Bonchev–Trinajstić information content (AvgIpc) is 2.89. The minimum Gasteiger partial charge on any atom is -0.481 e. The van der Waals surface area contributed by atoms with Gasteiger partial charge in [0.05, 0.1) is 4.91 Å². The van der Waals surface area contributed by atoms with Crippen molar-refractivity contribution in [3.8, 4) is 11.1 Å². The molecule has 1 amide bonds. The second-order valence-electron chi connectivity index (χ2n) is 5.93. The quantitative estimate of drug-likeness (QED) is 0.568. The van der Waals surface area contributed by atoms with Crippen LogP contribution in [0.4, 0.5) is 4.39 Å². The Hall–Kier alpha value is -2.51. The van der Waals surface area contributed by atoms with Gasteiger partial charge in [-0.05, 0) is 41.3 Å². The van der Waals surface area contributed by atoms with Crippen LogP contribution in [0.15, 0.2) is 53.4 Å². The zero-order chi connectivity index (χ0) is 19.4. The number of thioether (sulfide) groups is 1. The second-order valence-corrected chi connectivity index (χ2v) is 7.60. The Bertz CT molecular complexity index is 942. The average molecular weight is 401 g/mol. The van der Waals surface area contributed by atoms with E-state index in [0.717, 1.165) is 16.7 Å². The van der Waals surface area contributed by atoms with Crippen molar-refractivity contribution in [3.05, 3.63) is 64.8 Å². The number of amides is 1. The van der Waals surface area contributed by atoms with Crippen LogP contribution < -0.4 is 0 Å². The summed E-state index contributed by atoms with van der Waals surface area (Å²) in [7, 11) is 0. The SMILES string of the molecule is O=C(O)CCCN1C(=O)/C(=C/c2ccccc2-c2cccc(F)c2)SC1=S. The minimum atomic E-state index is -0.903. The highest BCUT2D eigenvalue weighted by Gasteiger charge is 2.31. The fraction of sp³-hybridized carbons (Fsp3) is 0.150. The minimum absolute atomic E-state index is 0.0154. The van der Waals surface area contributed by atoms with E-state index < -0.39 is 5.97 Å². The summed E-state index contributed by atoms with van der Waals surface area (Å²) in [5.41, 5.74) is 2.32. The topological polar surface area (TPSA) is 57.6 Å². The van der Waals surface area contributed by atoms with Crippen LogP contribution in [-0.4, -0.2) is 32.7 Å². The van der Waals surface area contributed by atoms with Gasteiger partial charge in [0, 0.05) is 13.0 Å². The first-order valence-corrected chi connectivity index (χ1v) is 9.50. The number of carboxylic acids is 1. The first-order valence-electron chi connectivity index (χ1n) is 8.28. The number of hydrogen-bond acceptors (Lipinski definition) is 4. The van der Waals surface area contributed by atoms with Crippen LogP contribution in [0.25, 0.3) is 17.2 Å². The van der Waals surface area contributed by atoms with E-state index in [-0.39, 0.29) is 24.7 Å². The molecule has 3 rings (SSSR count). The molecule has 138 valence electrons. The molecule has 0 aliphatic carbocycles. The third kappa shape index (κ3) is 4.61. The van der Waals surface area contributed by atoms with Gasteiger partial charge in [-0.2, -0.15) is 0 Å². The van der Waals surface area contributed by atoms with Crippen molar-refractivity contribution in [1.82, 2.24) is 4.90 Å². The number of thiocarbonyl (C=S) groups is 1. The van der Waals surface area contributed by atoms with Crippen LogP contribution >= 0.6 is 24.0 Å². The maximum absolute atomic E-state index is 13.6. The summed E-state index contributed by atoms with van der Waals surface area (Å²) in [4.78, 5) is 25.2. The van der Waals surface area contributed by atoms with Gasteiger partial charge < -0.3 is 5.11 Å². The number of halogens is 1. The molecule has 0 bridgehead atoms. The Labute approximate surface area is 165 Å². The maximum atomic E-state index is 13.6. The molecule has 27 heavy (non-hydrogen) atoms. The summed E-state index contributed by atoms with van der Waals surface area (Å²) in [6.45, 7) is 0.278. The molecule has 0 radical (unpaired) electrons. The van der Waals surface area contributed by atoms with Crippen molar-refractivity contribution < 1.29 is 19.1 Å². The van der Waals surface area contributed by atoms with E-state index in [0.29, 0.717) is 15.6 Å². The van der Waals surface area contributed by atoms with Gasteiger partial charge in [0.25, 0.3) is 5.91 Å². The lowest BCUT2D eigenvalue weighted by molar-refractivity contribution is -0.137. The largest absolute Gasteiger partial charge is 0.481 e. The number of carbonyl (C=O) groups is 2. The Kier molecular flexibility index (Phi) is 6.03. The van der Waals surface area contributed by atoms with Gasteiger partial charge in [0.2, 0.25) is 0 Å². The zero-order valence-electron chi connectivity index (χ0n) is 14.2. The summed E-state index contributed by atoms with van der Waals surface area (Å²) < 4.78 is 14.0. The first-order chi connectivity index (χ1) is 13.0. The lowest BCUT2D eigenvalue weighted by atomic mass is 9.99. The monoisotopic (exact) mass is 401 g/mol. The first kappa shape index (κ1) is 19.3. The molecule has 0 aromatic heterocycles. The molecule has 0 saturated carbocycles. The van der Waals surface area contributed by atoms with Crippen LogP contribution in [-0.2, 0) is 9.59 Å². The van der Waals surface area contributed by atoms with Gasteiger partial charge in [0.1, 0.15) is 10.1 Å². The highest BCUT2D eigenvalue weighted by molar-refractivity contribution is 8.26. The number of rotatable bonds is 6. The fourth-order valence-corrected chi connectivity index (χ4v) is 4.06. The van der Waals surface area contributed by atoms with Gasteiger partial charge >= 0.3 is 5.97 Å². The highest BCUT2D eigenvalue weighted by atomic mass is 32.2. The number of benzene rings is 2. The smallest absolute Gasteiger partial charge is 0.303 e. The number of aliphatic carboxylic acids is 1. The molecular formula is C20H16FNO3S2. The predicted octanol–water partition coefficient (Wildman–Crippen LogP) is 4.56. The van der Waals surface area contributed by atoms with E-state index in [9.17, 15) is 14.0 Å². The van der Waals surface area contributed by atoms with Crippen molar-refractivity contribution in [1.29, 1.82) is 0 Å². The summed E-state index contributed by atoms with van der Waals surface area (Å²) in [5, 5.41) is 8.74. The third-order valence-electron chi connectivity index (χ3n) is 4.03. The lowest BCUT2D eigenvalue weighted by Gasteiger charge is -2.13. The van der Waals surface area contributed by atoms with Crippen molar-refractivity contribution in [2.45, 2.75) is 12.8 Å². The predicted molar refractivity (Wildman–Crippen MR) is 109 cm³/mol. The van der Waals surface area contributed by atoms with Crippen molar-refractivity contribution in [3.63, 3.8) is 0 Å². The molecule has 2 aromatic carbocycles. The molecular weight excluding hydrogens is 385 g/mol. The van der Waals surface area contributed by atoms with Gasteiger partial charge in [0.15, 0.2) is 0 Å². The molecule has 1 aliphatic rings. The summed E-state index contributed by atoms with van der Waals surface area (Å²) in [5.74, 6) is -1.46. The van der Waals surface area contributed by atoms with Gasteiger partial charge in [-0.15, -0.1) is 0 Å². The molecule has 2 aromatic rings. The van der Waals surface area contributed by atoms with Crippen molar-refractivity contribution in [2.75, 3.05) is 6.54 Å². The van der Waals surface area contributed by atoms with E-state index >= 15 is 0 Å². The molecule has 1 heterocycles. The van der Waals surface area contributed by atoms with Crippen LogP contribution in [0, 0.1) is 5.82 Å². The van der Waals surface area contributed by atoms with Crippen LogP contribution in [0.2, 0.25) is 0 Å². The second kappa shape index (κ2) is 8.45. The molecule has 0 spiro atoms. The van der Waals surface area contributed by atoms with Gasteiger partial charge in [-0.1, -0.05) is 60.4 Å². The lowest BCUT2D eigenvalue weighted by Crippen LogP contribution is -2.29. The van der Waals surface area contributed by atoms with Crippen LogP contribution in [0.3, 0.4) is 0 Å². The van der Waals surface area contributed by atoms with Crippen molar-refractivity contribution in [2.24, 2.45) is 0 Å². The molecule has 1 fully saturated rings. The van der Waals surface area contributed by atoms with Crippen LogP contribution in [0.5, 0.6) is 0 Å². The summed E-state index contributed by atoms with van der Waals surface area (Å²) >= 11 is 6.45. The fourth-order valence-electron chi connectivity index (χ4n) is 2.76. The molecule has 1 aliphatic heterocycles. The van der Waals surface area contributed by atoms with E-state index in [2.05, 4.69) is 0 Å². The van der Waals surface area contributed by atoms with E-state index in [1.165, 1.54) is 28.8 Å². The number of carboxylic acid groups (broad SMARTS) is 1. The van der Waals surface area contributed by atoms with E-state index in [4.69, 9.17) is 17.3 Å². The molecule has 7 heteroatoms. The Morgan fingerprint density at radius 3 is 2.74 bits per heavy atom. The molecule has 4 nitrogen and oxygen atoms in total. The number of nitrogens with zero attached hydrogens (tertiary/aromatic N) is 1. The Morgan fingerprint density at radius 1 is 1.22 bits per heavy atom. The van der Waals surface area contributed by atoms with Gasteiger partial charge in [-0.3, -0.25) is 14.5 Å². The van der Waals surface area contributed by atoms with Gasteiger partial charge in [-0.25, -0.2) is 4.39 Å². The normalized spacial score (nSPS) is 15.6. The maximum Gasteiger partial charge on any atom is 0.303 e. The molecule has 0 atom stereocenters.